The van der Waals surface area contributed by atoms with Gasteiger partial charge >= 0.3 is 0 Å². The van der Waals surface area contributed by atoms with Crippen molar-refractivity contribution in [1.29, 1.82) is 0 Å². The second kappa shape index (κ2) is 5.87. The number of methoxy groups -OCH3 is 1. The van der Waals surface area contributed by atoms with Gasteiger partial charge in [0.05, 0.1) is 13.7 Å². The second-order valence-electron chi connectivity index (χ2n) is 4.62. The number of nitrogens with one attached hydrogen (secondary N) is 1. The van der Waals surface area contributed by atoms with Crippen molar-refractivity contribution in [1.82, 2.24) is 10.2 Å². The molecule has 0 aliphatic heterocycles. The lowest BCUT2D eigenvalue weighted by Gasteiger charge is -2.22. The summed E-state index contributed by atoms with van der Waals surface area (Å²) in [5.74, 6) is 0.955. The smallest absolute Gasteiger partial charge is 0.233 e. The first-order chi connectivity index (χ1) is 8.74. The largest absolute Gasteiger partial charge is 0.496 e. The molecule has 1 N–H and O–H groups in total. The summed E-state index contributed by atoms with van der Waals surface area (Å²) in [6.45, 7) is 1.22. The molecule has 4 nitrogen and oxygen atoms in total. The summed E-state index contributed by atoms with van der Waals surface area (Å²) in [5, 5.41) is 2.68. The Bertz CT molecular complexity index is 416. The summed E-state index contributed by atoms with van der Waals surface area (Å²) < 4.78 is 5.35. The molecule has 0 aromatic heterocycles. The molecule has 1 aliphatic rings. The summed E-state index contributed by atoms with van der Waals surface area (Å²) >= 11 is 0. The molecule has 0 radical (unpaired) electrons. The molecule has 0 bridgehead atoms. The zero-order chi connectivity index (χ0) is 13.0. The molecule has 0 spiro atoms. The van der Waals surface area contributed by atoms with E-state index in [0.717, 1.165) is 17.9 Å². The standard InChI is InChI=1S/C14H20N2O2/c1-15-14(17)10-16(12-7-8-12)9-11-5-3-4-6-13(11)18-2/h3-6,12H,7-10H2,1-2H3,(H,15,17). The average Bonchev–Trinajstić information content (AvgIpc) is 3.22. The molecule has 0 saturated heterocycles. The Morgan fingerprint density at radius 1 is 1.44 bits per heavy atom. The van der Waals surface area contributed by atoms with E-state index in [1.807, 2.05) is 18.2 Å². The minimum absolute atomic E-state index is 0.0665. The highest BCUT2D eigenvalue weighted by Gasteiger charge is 2.30. The fourth-order valence-corrected chi connectivity index (χ4v) is 2.07. The van der Waals surface area contributed by atoms with Gasteiger partial charge in [-0.15, -0.1) is 0 Å². The summed E-state index contributed by atoms with van der Waals surface area (Å²) in [6, 6.07) is 8.52. The molecule has 0 heterocycles. The predicted octanol–water partition coefficient (Wildman–Crippen LogP) is 1.41. The van der Waals surface area contributed by atoms with Gasteiger partial charge in [-0.3, -0.25) is 9.69 Å². The number of likely N-dealkylation sites (N-methyl/N-ethyl adjacent to an activating group) is 1. The average molecular weight is 248 g/mol. The molecule has 1 aromatic rings. The van der Waals surface area contributed by atoms with Crippen LogP contribution in [0.2, 0.25) is 0 Å². The van der Waals surface area contributed by atoms with Crippen LogP contribution in [0, 0.1) is 0 Å². The minimum atomic E-state index is 0.0665. The lowest BCUT2D eigenvalue weighted by atomic mass is 10.2. The maximum absolute atomic E-state index is 11.5. The molecule has 1 fully saturated rings. The number of carbonyl (C=O) groups excluding carboxylic acids is 1. The van der Waals surface area contributed by atoms with Crippen molar-refractivity contribution in [3.63, 3.8) is 0 Å². The molecular weight excluding hydrogens is 228 g/mol. The van der Waals surface area contributed by atoms with Crippen LogP contribution in [0.5, 0.6) is 5.75 Å². The van der Waals surface area contributed by atoms with E-state index in [4.69, 9.17) is 4.74 Å². The predicted molar refractivity (Wildman–Crippen MR) is 70.5 cm³/mol. The molecule has 1 amide bonds. The van der Waals surface area contributed by atoms with Crippen molar-refractivity contribution in [2.45, 2.75) is 25.4 Å². The van der Waals surface area contributed by atoms with Crippen LogP contribution in [0.1, 0.15) is 18.4 Å². The van der Waals surface area contributed by atoms with E-state index >= 15 is 0 Å². The first-order valence-electron chi connectivity index (χ1n) is 6.31. The van der Waals surface area contributed by atoms with Gasteiger partial charge in [-0.1, -0.05) is 18.2 Å². The summed E-state index contributed by atoms with van der Waals surface area (Å²) in [4.78, 5) is 13.7. The third-order valence-corrected chi connectivity index (χ3v) is 3.25. The number of rotatable bonds is 6. The van der Waals surface area contributed by atoms with Gasteiger partial charge in [0.1, 0.15) is 5.75 Å². The monoisotopic (exact) mass is 248 g/mol. The van der Waals surface area contributed by atoms with Crippen molar-refractivity contribution >= 4 is 5.91 Å². The van der Waals surface area contributed by atoms with Crippen LogP contribution in [0.3, 0.4) is 0 Å². The fraction of sp³-hybridized carbons (Fsp3) is 0.500. The van der Waals surface area contributed by atoms with E-state index in [1.165, 1.54) is 12.8 Å². The minimum Gasteiger partial charge on any atom is -0.496 e. The zero-order valence-corrected chi connectivity index (χ0v) is 11.0. The van der Waals surface area contributed by atoms with E-state index in [9.17, 15) is 4.79 Å². The fourth-order valence-electron chi connectivity index (χ4n) is 2.07. The number of amides is 1. The van der Waals surface area contributed by atoms with E-state index in [0.29, 0.717) is 12.6 Å². The van der Waals surface area contributed by atoms with E-state index in [2.05, 4.69) is 16.3 Å². The Balaban J connectivity index is 2.06. The number of hydrogen-bond acceptors (Lipinski definition) is 3. The lowest BCUT2D eigenvalue weighted by Crippen LogP contribution is -2.36. The quantitative estimate of drug-likeness (QED) is 0.827. The van der Waals surface area contributed by atoms with Crippen molar-refractivity contribution in [3.8, 4) is 5.75 Å². The highest BCUT2D eigenvalue weighted by molar-refractivity contribution is 5.77. The van der Waals surface area contributed by atoms with Crippen molar-refractivity contribution in [3.05, 3.63) is 29.8 Å². The van der Waals surface area contributed by atoms with Gasteiger partial charge in [0, 0.05) is 25.2 Å². The number of hydrogen-bond donors (Lipinski definition) is 1. The Kier molecular flexibility index (Phi) is 4.20. The van der Waals surface area contributed by atoms with Crippen molar-refractivity contribution in [2.75, 3.05) is 20.7 Å². The summed E-state index contributed by atoms with van der Waals surface area (Å²) in [6.07, 6.45) is 2.37. The maximum Gasteiger partial charge on any atom is 0.233 e. The lowest BCUT2D eigenvalue weighted by molar-refractivity contribution is -0.122. The number of para-hydroxylation sites is 1. The van der Waals surface area contributed by atoms with Gasteiger partial charge in [0.25, 0.3) is 0 Å². The van der Waals surface area contributed by atoms with Crippen LogP contribution in [-0.2, 0) is 11.3 Å². The van der Waals surface area contributed by atoms with Gasteiger partial charge in [-0.05, 0) is 18.9 Å². The summed E-state index contributed by atoms with van der Waals surface area (Å²) in [5.41, 5.74) is 1.14. The van der Waals surface area contributed by atoms with Gasteiger partial charge < -0.3 is 10.1 Å². The normalized spacial score (nSPS) is 14.6. The number of carbonyl (C=O) groups is 1. The van der Waals surface area contributed by atoms with Gasteiger partial charge in [0.2, 0.25) is 5.91 Å². The van der Waals surface area contributed by atoms with Crippen LogP contribution >= 0.6 is 0 Å². The topological polar surface area (TPSA) is 41.6 Å². The third kappa shape index (κ3) is 3.23. The number of ether oxygens (including phenoxy) is 1. The first-order valence-corrected chi connectivity index (χ1v) is 6.31. The zero-order valence-electron chi connectivity index (χ0n) is 11.0. The van der Waals surface area contributed by atoms with Crippen LogP contribution < -0.4 is 10.1 Å². The molecule has 4 heteroatoms. The molecular formula is C14H20N2O2. The van der Waals surface area contributed by atoms with Crippen molar-refractivity contribution in [2.24, 2.45) is 0 Å². The molecule has 0 atom stereocenters. The Labute approximate surface area is 108 Å². The molecule has 1 aromatic carbocycles. The van der Waals surface area contributed by atoms with Crippen LogP contribution in [0.15, 0.2) is 24.3 Å². The maximum atomic E-state index is 11.5. The molecule has 1 saturated carbocycles. The van der Waals surface area contributed by atoms with Gasteiger partial charge in [-0.2, -0.15) is 0 Å². The SMILES string of the molecule is CNC(=O)CN(Cc1ccccc1OC)C1CC1. The first kappa shape index (κ1) is 12.9. The van der Waals surface area contributed by atoms with Crippen LogP contribution in [0.25, 0.3) is 0 Å². The molecule has 98 valence electrons. The van der Waals surface area contributed by atoms with E-state index in [-0.39, 0.29) is 5.91 Å². The highest BCUT2D eigenvalue weighted by atomic mass is 16.5. The van der Waals surface area contributed by atoms with E-state index in [1.54, 1.807) is 14.2 Å². The van der Waals surface area contributed by atoms with Crippen molar-refractivity contribution < 1.29 is 9.53 Å². The summed E-state index contributed by atoms with van der Waals surface area (Å²) in [7, 11) is 3.36. The third-order valence-electron chi connectivity index (χ3n) is 3.25. The molecule has 2 rings (SSSR count). The Hall–Kier alpha value is -1.55. The number of benzene rings is 1. The van der Waals surface area contributed by atoms with Gasteiger partial charge in [0.15, 0.2) is 0 Å². The molecule has 18 heavy (non-hydrogen) atoms. The van der Waals surface area contributed by atoms with E-state index < -0.39 is 0 Å². The number of nitrogens with zero attached hydrogens (tertiary/aromatic N) is 1. The Morgan fingerprint density at radius 3 is 2.78 bits per heavy atom. The van der Waals surface area contributed by atoms with Gasteiger partial charge in [-0.25, -0.2) is 0 Å². The Morgan fingerprint density at radius 2 is 2.17 bits per heavy atom. The van der Waals surface area contributed by atoms with Crippen LogP contribution in [-0.4, -0.2) is 37.6 Å². The second-order valence-corrected chi connectivity index (χ2v) is 4.62. The highest BCUT2D eigenvalue weighted by Crippen LogP contribution is 2.29. The van der Waals surface area contributed by atoms with Crippen LogP contribution in [0.4, 0.5) is 0 Å². The molecule has 0 unspecified atom stereocenters. The molecule has 1 aliphatic carbocycles.